The highest BCUT2D eigenvalue weighted by molar-refractivity contribution is 6.50. The Morgan fingerprint density at radius 3 is 2.24 bits per heavy atom. The summed E-state index contributed by atoms with van der Waals surface area (Å²) in [5, 5.41) is 3.18. The number of Topliss-reactive ketones (excluding diaryl/α,β-unsaturated/α-hetero) is 1. The molecule has 9 heteroatoms. The minimum absolute atomic E-state index is 0.0256. The first-order valence-corrected chi connectivity index (χ1v) is 11.9. The minimum Gasteiger partial charge on any atom is -0.401 e. The molecule has 33 heavy (non-hydrogen) atoms. The fourth-order valence-corrected chi connectivity index (χ4v) is 4.36. The quantitative estimate of drug-likeness (QED) is 0.431. The Hall–Kier alpha value is -1.78. The molecule has 3 rings (SSSR count). The van der Waals surface area contributed by atoms with Crippen LogP contribution in [0.25, 0.3) is 0 Å². The van der Waals surface area contributed by atoms with Crippen molar-refractivity contribution >= 4 is 18.8 Å². The van der Waals surface area contributed by atoms with Gasteiger partial charge in [-0.15, -0.1) is 0 Å². The number of ketones is 1. The lowest BCUT2D eigenvalue weighted by molar-refractivity contribution is -0.126. The van der Waals surface area contributed by atoms with Gasteiger partial charge in [-0.05, 0) is 34.1 Å². The normalized spacial score (nSPS) is 23.0. The Morgan fingerprint density at radius 1 is 1.12 bits per heavy atom. The number of nitrogens with zero attached hydrogens (tertiary/aromatic N) is 1. The van der Waals surface area contributed by atoms with Crippen LogP contribution in [0.15, 0.2) is 30.3 Å². The molecule has 2 heterocycles. The van der Waals surface area contributed by atoms with Crippen LogP contribution in [0, 0.1) is 0 Å². The maximum atomic E-state index is 13.1. The molecule has 0 radical (unpaired) electrons. The number of amides is 1. The van der Waals surface area contributed by atoms with Gasteiger partial charge < -0.3 is 25.1 Å². The third-order valence-corrected chi connectivity index (χ3v) is 7.03. The van der Waals surface area contributed by atoms with Gasteiger partial charge in [-0.3, -0.25) is 14.5 Å². The molecule has 0 unspecified atom stereocenters. The molecule has 0 saturated carbocycles. The average Bonchev–Trinajstić information content (AvgIpc) is 3.00. The Morgan fingerprint density at radius 2 is 1.70 bits per heavy atom. The van der Waals surface area contributed by atoms with Crippen LogP contribution < -0.4 is 11.1 Å². The summed E-state index contributed by atoms with van der Waals surface area (Å²) in [6.45, 7) is 11.8. The van der Waals surface area contributed by atoms with E-state index in [0.29, 0.717) is 44.7 Å². The fraction of sp³-hybridized carbons (Fsp3) is 0.667. The average molecular weight is 459 g/mol. The van der Waals surface area contributed by atoms with Crippen molar-refractivity contribution in [1.29, 1.82) is 0 Å². The third-order valence-electron chi connectivity index (χ3n) is 7.03. The van der Waals surface area contributed by atoms with Gasteiger partial charge >= 0.3 is 7.12 Å². The van der Waals surface area contributed by atoms with Crippen LogP contribution in [0.2, 0.25) is 0 Å². The van der Waals surface area contributed by atoms with Crippen LogP contribution in [-0.2, 0) is 18.8 Å². The van der Waals surface area contributed by atoms with Gasteiger partial charge in [-0.1, -0.05) is 37.3 Å². The van der Waals surface area contributed by atoms with Crippen LogP contribution in [0.3, 0.4) is 0 Å². The molecule has 2 aliphatic heterocycles. The van der Waals surface area contributed by atoms with Gasteiger partial charge in [0.2, 0.25) is 5.91 Å². The molecule has 2 saturated heterocycles. The third kappa shape index (κ3) is 5.33. The van der Waals surface area contributed by atoms with Crippen LogP contribution in [0.4, 0.5) is 0 Å². The van der Waals surface area contributed by atoms with Gasteiger partial charge in [0.1, 0.15) is 5.56 Å². The lowest BCUT2D eigenvalue weighted by Crippen LogP contribution is -2.78. The largest absolute Gasteiger partial charge is 0.503 e. The van der Waals surface area contributed by atoms with E-state index in [1.54, 1.807) is 12.1 Å². The van der Waals surface area contributed by atoms with Crippen LogP contribution in [0.1, 0.15) is 64.2 Å². The zero-order valence-corrected chi connectivity index (χ0v) is 20.6. The monoisotopic (exact) mass is 459 g/mol. The molecule has 2 aliphatic rings. The van der Waals surface area contributed by atoms with Crippen molar-refractivity contribution in [1.82, 2.24) is 10.2 Å². The number of hydrogen-bond donors (Lipinski definition) is 2. The van der Waals surface area contributed by atoms with E-state index in [0.717, 1.165) is 0 Å². The van der Waals surface area contributed by atoms with Gasteiger partial charge in [0, 0.05) is 37.5 Å². The summed E-state index contributed by atoms with van der Waals surface area (Å²) in [5.41, 5.74) is 4.93. The lowest BCUT2D eigenvalue weighted by Gasteiger charge is -2.49. The highest BCUT2D eigenvalue weighted by Crippen LogP contribution is 2.42. The molecule has 1 aromatic carbocycles. The summed E-state index contributed by atoms with van der Waals surface area (Å²) in [4.78, 5) is 28.2. The molecular weight excluding hydrogens is 421 g/mol. The Balaban J connectivity index is 2.03. The molecule has 8 nitrogen and oxygen atoms in total. The molecule has 3 N–H and O–H groups in total. The fourth-order valence-electron chi connectivity index (χ4n) is 4.36. The Bertz CT molecular complexity index is 813. The van der Waals surface area contributed by atoms with Crippen molar-refractivity contribution in [2.75, 3.05) is 26.3 Å². The van der Waals surface area contributed by atoms with E-state index in [2.05, 4.69) is 10.2 Å². The topological polar surface area (TPSA) is 103 Å². The van der Waals surface area contributed by atoms with Gasteiger partial charge in [0.25, 0.3) is 0 Å². The first kappa shape index (κ1) is 25.8. The van der Waals surface area contributed by atoms with E-state index < -0.39 is 29.9 Å². The number of ether oxygens (including phenoxy) is 1. The smallest absolute Gasteiger partial charge is 0.401 e. The number of hydrogen-bond acceptors (Lipinski definition) is 7. The van der Waals surface area contributed by atoms with Crippen LogP contribution >= 0.6 is 0 Å². The molecule has 1 amide bonds. The summed E-state index contributed by atoms with van der Waals surface area (Å²) >= 11 is 0. The Kier molecular flexibility index (Phi) is 8.01. The van der Waals surface area contributed by atoms with E-state index in [4.69, 9.17) is 19.8 Å². The molecule has 0 aromatic heterocycles. The number of nitrogens with two attached hydrogens (primary N) is 1. The van der Waals surface area contributed by atoms with Crippen molar-refractivity contribution in [2.45, 2.75) is 76.7 Å². The number of benzene rings is 1. The highest BCUT2D eigenvalue weighted by atomic mass is 16.7. The lowest BCUT2D eigenvalue weighted by atomic mass is 9.63. The first-order valence-electron chi connectivity index (χ1n) is 11.9. The predicted molar refractivity (Wildman–Crippen MR) is 128 cm³/mol. The van der Waals surface area contributed by atoms with Gasteiger partial charge in [0.15, 0.2) is 5.78 Å². The molecule has 2 fully saturated rings. The van der Waals surface area contributed by atoms with E-state index in [1.165, 1.54) is 0 Å². The molecular formula is C24H38BN3O5. The molecule has 0 bridgehead atoms. The van der Waals surface area contributed by atoms with E-state index in [-0.39, 0.29) is 18.1 Å². The number of nitrogens with one attached hydrogen (secondary N) is 1. The summed E-state index contributed by atoms with van der Waals surface area (Å²) in [6, 6.07) is 8.28. The van der Waals surface area contributed by atoms with Gasteiger partial charge in [-0.2, -0.15) is 0 Å². The number of rotatable bonds is 9. The molecule has 0 aliphatic carbocycles. The van der Waals surface area contributed by atoms with Crippen molar-refractivity contribution in [3.05, 3.63) is 35.9 Å². The van der Waals surface area contributed by atoms with E-state index >= 15 is 0 Å². The van der Waals surface area contributed by atoms with Crippen molar-refractivity contribution < 1.29 is 23.6 Å². The summed E-state index contributed by atoms with van der Waals surface area (Å²) in [6.07, 6.45) is 1.05. The summed E-state index contributed by atoms with van der Waals surface area (Å²) in [5.74, 6) is -0.247. The second-order valence-electron chi connectivity index (χ2n) is 9.91. The predicted octanol–water partition coefficient (Wildman–Crippen LogP) is 2.16. The van der Waals surface area contributed by atoms with Gasteiger partial charge in [0.05, 0.1) is 24.4 Å². The second-order valence-corrected chi connectivity index (χ2v) is 9.91. The van der Waals surface area contributed by atoms with Crippen molar-refractivity contribution in [2.24, 2.45) is 5.73 Å². The van der Waals surface area contributed by atoms with Gasteiger partial charge in [-0.25, -0.2) is 0 Å². The van der Waals surface area contributed by atoms with Crippen LogP contribution in [-0.4, -0.2) is 72.8 Å². The zero-order valence-electron chi connectivity index (χ0n) is 20.6. The molecule has 1 aromatic rings. The summed E-state index contributed by atoms with van der Waals surface area (Å²) < 4.78 is 18.5. The first-order chi connectivity index (χ1) is 15.5. The molecule has 182 valence electrons. The maximum Gasteiger partial charge on any atom is 0.503 e. The molecule has 0 spiro atoms. The number of morpholine rings is 1. The number of carbonyl (C=O) groups is 2. The van der Waals surface area contributed by atoms with Crippen molar-refractivity contribution in [3.63, 3.8) is 0 Å². The molecule has 2 atom stereocenters. The second kappa shape index (κ2) is 10.2. The van der Waals surface area contributed by atoms with Crippen LogP contribution in [0.5, 0.6) is 0 Å². The SMILES string of the molecule is CCCC(=O)N[C@@](B1OC(C)(C)C(C)(C)O1)([C@H](N)CC(=O)c1ccccc1)N1CCOCC1. The minimum atomic E-state index is -1.23. The Labute approximate surface area is 197 Å². The summed E-state index contributed by atoms with van der Waals surface area (Å²) in [7, 11) is -0.861. The maximum absolute atomic E-state index is 13.1. The standard InChI is InChI=1S/C24H38BN3O5/c1-6-10-21(30)27-24(28-13-15-31-16-14-28,25-32-22(2,3)23(4,5)33-25)20(26)17-19(29)18-11-8-7-9-12-18/h7-9,11-12,20H,6,10,13-17,26H2,1-5H3,(H,27,30)/t20-,24+/m1/s1. The van der Waals surface area contributed by atoms with Crippen molar-refractivity contribution in [3.8, 4) is 0 Å². The highest BCUT2D eigenvalue weighted by Gasteiger charge is 2.64. The number of carbonyl (C=O) groups excluding carboxylic acids is 2. The zero-order chi connectivity index (χ0) is 24.3. The van der Waals surface area contributed by atoms with E-state index in [9.17, 15) is 9.59 Å². The van der Waals surface area contributed by atoms with E-state index in [1.807, 2.05) is 52.8 Å².